The van der Waals surface area contributed by atoms with Crippen LogP contribution in [0.15, 0.2) is 12.2 Å². The molecule has 0 saturated carbocycles. The van der Waals surface area contributed by atoms with Crippen LogP contribution in [0.3, 0.4) is 0 Å². The summed E-state index contributed by atoms with van der Waals surface area (Å²) in [6.45, 7) is -0.337. The number of amides is 1. The molecule has 4 nitrogen and oxygen atoms in total. The lowest BCUT2D eigenvalue weighted by atomic mass is 10.2. The van der Waals surface area contributed by atoms with Gasteiger partial charge in [0, 0.05) is 0 Å². The third-order valence-electron chi connectivity index (χ3n) is 1.79. The Labute approximate surface area is 102 Å². The summed E-state index contributed by atoms with van der Waals surface area (Å²) in [4.78, 5) is 11.1. The van der Waals surface area contributed by atoms with Crippen molar-refractivity contribution in [3.63, 3.8) is 0 Å². The van der Waals surface area contributed by atoms with Gasteiger partial charge in [0.05, 0.1) is 12.1 Å². The first kappa shape index (κ1) is 12.9. The SMILES string of the molecule is O=C(N[C@@H]1C=CCC1O)OCC(Cl)(Cl)Cl. The first-order chi connectivity index (χ1) is 6.88. The summed E-state index contributed by atoms with van der Waals surface area (Å²) in [7, 11) is 0. The van der Waals surface area contributed by atoms with Gasteiger partial charge in [-0.25, -0.2) is 4.79 Å². The van der Waals surface area contributed by atoms with Crippen molar-refractivity contribution in [1.29, 1.82) is 0 Å². The van der Waals surface area contributed by atoms with Gasteiger partial charge in [0.15, 0.2) is 0 Å². The molecule has 0 radical (unpaired) electrons. The topological polar surface area (TPSA) is 58.6 Å². The van der Waals surface area contributed by atoms with Gasteiger partial charge in [0.1, 0.15) is 6.61 Å². The van der Waals surface area contributed by atoms with Gasteiger partial charge in [-0.05, 0) is 6.42 Å². The van der Waals surface area contributed by atoms with Crippen LogP contribution >= 0.6 is 34.8 Å². The van der Waals surface area contributed by atoms with Crippen LogP contribution in [0.1, 0.15) is 6.42 Å². The van der Waals surface area contributed by atoms with E-state index < -0.39 is 22.0 Å². The predicted octanol–water partition coefficient (Wildman–Crippen LogP) is 1.77. The zero-order chi connectivity index (χ0) is 11.5. The molecule has 1 unspecified atom stereocenters. The lowest BCUT2D eigenvalue weighted by Gasteiger charge is -2.17. The maximum Gasteiger partial charge on any atom is 0.407 e. The monoisotopic (exact) mass is 273 g/mol. The van der Waals surface area contributed by atoms with Crippen molar-refractivity contribution in [1.82, 2.24) is 5.32 Å². The van der Waals surface area contributed by atoms with Gasteiger partial charge in [0.2, 0.25) is 3.79 Å². The smallest absolute Gasteiger partial charge is 0.407 e. The first-order valence-corrected chi connectivity index (χ1v) is 5.36. The van der Waals surface area contributed by atoms with Gasteiger partial charge in [-0.2, -0.15) is 0 Å². The summed E-state index contributed by atoms with van der Waals surface area (Å²) < 4.78 is 3.00. The fraction of sp³-hybridized carbons (Fsp3) is 0.625. The lowest BCUT2D eigenvalue weighted by molar-refractivity contribution is 0.123. The second-order valence-electron chi connectivity index (χ2n) is 3.09. The van der Waals surface area contributed by atoms with Gasteiger partial charge >= 0.3 is 6.09 Å². The molecular formula is C8H10Cl3NO3. The molecule has 0 fully saturated rings. The van der Waals surface area contributed by atoms with E-state index in [1.54, 1.807) is 12.2 Å². The van der Waals surface area contributed by atoms with Crippen molar-refractivity contribution in [2.24, 2.45) is 0 Å². The molecular weight excluding hydrogens is 264 g/mol. The zero-order valence-electron chi connectivity index (χ0n) is 7.62. The van der Waals surface area contributed by atoms with Crippen molar-refractivity contribution < 1.29 is 14.6 Å². The van der Waals surface area contributed by atoms with E-state index in [2.05, 4.69) is 10.1 Å². The Morgan fingerprint density at radius 2 is 2.27 bits per heavy atom. The van der Waals surface area contributed by atoms with Gasteiger partial charge in [-0.15, -0.1) is 0 Å². The summed E-state index contributed by atoms with van der Waals surface area (Å²) in [6.07, 6.45) is 2.61. The Morgan fingerprint density at radius 3 is 2.73 bits per heavy atom. The van der Waals surface area contributed by atoms with Crippen molar-refractivity contribution in [2.75, 3.05) is 6.61 Å². The minimum Gasteiger partial charge on any atom is -0.445 e. The van der Waals surface area contributed by atoms with Crippen molar-refractivity contribution in [2.45, 2.75) is 22.4 Å². The molecule has 0 saturated heterocycles. The van der Waals surface area contributed by atoms with E-state index >= 15 is 0 Å². The molecule has 0 aromatic carbocycles. The molecule has 0 aliphatic heterocycles. The van der Waals surface area contributed by atoms with Crippen LogP contribution in [-0.4, -0.2) is 33.7 Å². The molecule has 0 heterocycles. The van der Waals surface area contributed by atoms with Crippen LogP contribution in [0.2, 0.25) is 0 Å². The van der Waals surface area contributed by atoms with E-state index in [1.165, 1.54) is 0 Å². The molecule has 0 aromatic rings. The molecule has 86 valence electrons. The quantitative estimate of drug-likeness (QED) is 0.596. The number of carbonyl (C=O) groups excluding carboxylic acids is 1. The third-order valence-corrected chi connectivity index (χ3v) is 2.11. The minimum absolute atomic E-state index is 0.337. The maximum absolute atomic E-state index is 11.1. The lowest BCUT2D eigenvalue weighted by Crippen LogP contribution is -2.40. The molecule has 7 heteroatoms. The summed E-state index contributed by atoms with van der Waals surface area (Å²) in [5, 5.41) is 11.8. The molecule has 2 N–H and O–H groups in total. The molecule has 2 atom stereocenters. The van der Waals surface area contributed by atoms with Gasteiger partial charge in [-0.1, -0.05) is 47.0 Å². The molecule has 1 amide bonds. The predicted molar refractivity (Wildman–Crippen MR) is 58.3 cm³/mol. The second-order valence-corrected chi connectivity index (χ2v) is 5.61. The van der Waals surface area contributed by atoms with E-state index in [1.807, 2.05) is 0 Å². The number of halogens is 3. The number of ether oxygens (including phenoxy) is 1. The molecule has 0 spiro atoms. The van der Waals surface area contributed by atoms with E-state index in [-0.39, 0.29) is 6.61 Å². The number of aliphatic hydroxyl groups excluding tert-OH is 1. The summed E-state index contributed by atoms with van der Waals surface area (Å²) in [5.41, 5.74) is 0. The van der Waals surface area contributed by atoms with E-state index in [0.717, 1.165) is 0 Å². The van der Waals surface area contributed by atoms with Crippen molar-refractivity contribution in [3.05, 3.63) is 12.2 Å². The number of aliphatic hydroxyl groups is 1. The average Bonchev–Trinajstić information content (AvgIpc) is 2.47. The second kappa shape index (κ2) is 5.25. The Kier molecular flexibility index (Phi) is 4.52. The normalized spacial score (nSPS) is 25.3. The standard InChI is InChI=1S/C8H10Cl3NO3/c9-8(10,11)4-15-7(14)12-5-2-1-3-6(5)13/h1-2,5-6,13H,3-4H2,(H,12,14)/t5-,6?/m1/s1. The highest BCUT2D eigenvalue weighted by Gasteiger charge is 2.25. The van der Waals surface area contributed by atoms with Crippen LogP contribution in [0.5, 0.6) is 0 Å². The highest BCUT2D eigenvalue weighted by atomic mass is 35.6. The fourth-order valence-corrected chi connectivity index (χ4v) is 1.27. The van der Waals surface area contributed by atoms with Crippen molar-refractivity contribution >= 4 is 40.9 Å². The minimum atomic E-state index is -1.62. The number of carbonyl (C=O) groups is 1. The summed E-state index contributed by atoms with van der Waals surface area (Å²) in [5.74, 6) is 0. The number of hydrogen-bond donors (Lipinski definition) is 2. The molecule has 1 aliphatic rings. The highest BCUT2D eigenvalue weighted by molar-refractivity contribution is 6.67. The van der Waals surface area contributed by atoms with E-state index in [4.69, 9.17) is 34.8 Å². The number of nitrogens with one attached hydrogen (secondary N) is 1. The van der Waals surface area contributed by atoms with Crippen LogP contribution in [0.25, 0.3) is 0 Å². The largest absolute Gasteiger partial charge is 0.445 e. The number of hydrogen-bond acceptors (Lipinski definition) is 3. The average molecular weight is 275 g/mol. The fourth-order valence-electron chi connectivity index (χ4n) is 1.11. The Balaban J connectivity index is 2.27. The Hall–Kier alpha value is -0.160. The number of alkyl halides is 3. The highest BCUT2D eigenvalue weighted by Crippen LogP contribution is 2.25. The zero-order valence-corrected chi connectivity index (χ0v) is 9.89. The van der Waals surface area contributed by atoms with Gasteiger partial charge in [0.25, 0.3) is 0 Å². The Bertz CT molecular complexity index is 264. The Morgan fingerprint density at radius 1 is 1.60 bits per heavy atom. The third kappa shape index (κ3) is 4.93. The van der Waals surface area contributed by atoms with Crippen LogP contribution in [0.4, 0.5) is 4.79 Å². The molecule has 0 bridgehead atoms. The van der Waals surface area contributed by atoms with E-state index in [9.17, 15) is 9.90 Å². The van der Waals surface area contributed by atoms with Crippen LogP contribution < -0.4 is 5.32 Å². The number of rotatable bonds is 2. The molecule has 1 aliphatic carbocycles. The maximum atomic E-state index is 11.1. The van der Waals surface area contributed by atoms with Crippen LogP contribution in [-0.2, 0) is 4.74 Å². The molecule has 1 rings (SSSR count). The number of alkyl carbamates (subject to hydrolysis) is 1. The summed E-state index contributed by atoms with van der Waals surface area (Å²) in [6, 6.07) is -0.437. The molecule has 0 aromatic heterocycles. The van der Waals surface area contributed by atoms with Crippen molar-refractivity contribution in [3.8, 4) is 0 Å². The molecule has 15 heavy (non-hydrogen) atoms. The summed E-state index contributed by atoms with van der Waals surface area (Å²) >= 11 is 16.2. The van der Waals surface area contributed by atoms with E-state index in [0.29, 0.717) is 6.42 Å². The van der Waals surface area contributed by atoms with Crippen LogP contribution in [0, 0.1) is 0 Å². The van der Waals surface area contributed by atoms with Gasteiger partial charge < -0.3 is 15.2 Å². The van der Waals surface area contributed by atoms with Gasteiger partial charge in [-0.3, -0.25) is 0 Å². The first-order valence-electron chi connectivity index (χ1n) is 4.23.